The van der Waals surface area contributed by atoms with E-state index in [-0.39, 0.29) is 12.0 Å². The monoisotopic (exact) mass is 222 g/mol. The van der Waals surface area contributed by atoms with Gasteiger partial charge in [-0.3, -0.25) is 4.79 Å². The van der Waals surface area contributed by atoms with E-state index >= 15 is 0 Å². The van der Waals surface area contributed by atoms with Gasteiger partial charge in [-0.05, 0) is 25.0 Å². The maximum Gasteiger partial charge on any atom is 0.306 e. The van der Waals surface area contributed by atoms with Crippen LogP contribution in [0.3, 0.4) is 0 Å². The average Bonchev–Trinajstić information content (AvgIpc) is 2.22. The molecule has 0 heterocycles. The molecule has 4 heteroatoms. The molecule has 2 rings (SSSR count). The molecule has 16 heavy (non-hydrogen) atoms. The summed E-state index contributed by atoms with van der Waals surface area (Å²) in [7, 11) is 1.60. The van der Waals surface area contributed by atoms with E-state index in [1.54, 1.807) is 13.2 Å². The summed E-state index contributed by atoms with van der Waals surface area (Å²) in [4.78, 5) is 10.6. The first-order valence-electron chi connectivity index (χ1n) is 5.22. The molecule has 0 aromatic heterocycles. The van der Waals surface area contributed by atoms with Gasteiger partial charge in [-0.25, -0.2) is 0 Å². The van der Waals surface area contributed by atoms with Crippen molar-refractivity contribution in [1.29, 1.82) is 0 Å². The fraction of sp³-hybridized carbons (Fsp3) is 0.417. The third-order valence-corrected chi connectivity index (χ3v) is 2.79. The molecule has 0 saturated heterocycles. The van der Waals surface area contributed by atoms with Crippen LogP contribution in [0.5, 0.6) is 11.5 Å². The lowest BCUT2D eigenvalue weighted by atomic mass is 9.82. The predicted molar refractivity (Wildman–Crippen MR) is 57.8 cm³/mol. The standard InChI is InChI=1S/C12H14O4/c1-15-9-3-2-4-10(7-9)16-11-5-8(6-11)12(13)14/h2-4,7-8,11H,5-6H2,1H3,(H,13,14). The van der Waals surface area contributed by atoms with E-state index in [0.717, 1.165) is 11.5 Å². The van der Waals surface area contributed by atoms with Gasteiger partial charge in [0.25, 0.3) is 0 Å². The van der Waals surface area contributed by atoms with Crippen LogP contribution in [0.25, 0.3) is 0 Å². The highest BCUT2D eigenvalue weighted by atomic mass is 16.5. The molecule has 1 aliphatic carbocycles. The van der Waals surface area contributed by atoms with E-state index in [1.165, 1.54) is 0 Å². The van der Waals surface area contributed by atoms with Gasteiger partial charge < -0.3 is 14.6 Å². The number of carboxylic acid groups (broad SMARTS) is 1. The Morgan fingerprint density at radius 1 is 1.38 bits per heavy atom. The maximum absolute atomic E-state index is 10.6. The van der Waals surface area contributed by atoms with Gasteiger partial charge in [-0.1, -0.05) is 6.07 Å². The molecule has 0 radical (unpaired) electrons. The second-order valence-corrected chi connectivity index (χ2v) is 3.93. The fourth-order valence-corrected chi connectivity index (χ4v) is 1.73. The Morgan fingerprint density at radius 2 is 2.06 bits per heavy atom. The lowest BCUT2D eigenvalue weighted by Gasteiger charge is -2.32. The molecule has 1 aromatic rings. The van der Waals surface area contributed by atoms with Crippen molar-refractivity contribution in [2.45, 2.75) is 18.9 Å². The van der Waals surface area contributed by atoms with Crippen molar-refractivity contribution >= 4 is 5.97 Å². The minimum Gasteiger partial charge on any atom is -0.497 e. The highest BCUT2D eigenvalue weighted by molar-refractivity contribution is 5.71. The smallest absolute Gasteiger partial charge is 0.306 e. The van der Waals surface area contributed by atoms with Gasteiger partial charge in [0.05, 0.1) is 13.0 Å². The molecule has 0 amide bonds. The fourth-order valence-electron chi connectivity index (χ4n) is 1.73. The van der Waals surface area contributed by atoms with E-state index in [2.05, 4.69) is 0 Å². The summed E-state index contributed by atoms with van der Waals surface area (Å²) in [6, 6.07) is 7.33. The molecule has 1 N–H and O–H groups in total. The topological polar surface area (TPSA) is 55.8 Å². The Kier molecular flexibility index (Phi) is 2.99. The van der Waals surface area contributed by atoms with Crippen molar-refractivity contribution in [3.05, 3.63) is 24.3 Å². The van der Waals surface area contributed by atoms with Crippen molar-refractivity contribution in [2.75, 3.05) is 7.11 Å². The number of aliphatic carboxylic acids is 1. The zero-order chi connectivity index (χ0) is 11.5. The number of rotatable bonds is 4. The van der Waals surface area contributed by atoms with Crippen molar-refractivity contribution < 1.29 is 19.4 Å². The Morgan fingerprint density at radius 3 is 2.69 bits per heavy atom. The summed E-state index contributed by atoms with van der Waals surface area (Å²) in [5.74, 6) is 0.501. The zero-order valence-electron chi connectivity index (χ0n) is 9.05. The molecule has 0 bridgehead atoms. The lowest BCUT2D eigenvalue weighted by molar-refractivity contribution is -0.147. The summed E-state index contributed by atoms with van der Waals surface area (Å²) in [6.07, 6.45) is 1.20. The summed E-state index contributed by atoms with van der Waals surface area (Å²) >= 11 is 0. The largest absolute Gasteiger partial charge is 0.497 e. The van der Waals surface area contributed by atoms with Crippen molar-refractivity contribution in [2.24, 2.45) is 5.92 Å². The van der Waals surface area contributed by atoms with Gasteiger partial charge in [0, 0.05) is 6.07 Å². The summed E-state index contributed by atoms with van der Waals surface area (Å²) in [5, 5.41) is 8.72. The summed E-state index contributed by atoms with van der Waals surface area (Å²) in [6.45, 7) is 0. The second-order valence-electron chi connectivity index (χ2n) is 3.93. The molecule has 0 unspecified atom stereocenters. The van der Waals surface area contributed by atoms with E-state index in [1.807, 2.05) is 18.2 Å². The van der Waals surface area contributed by atoms with E-state index in [4.69, 9.17) is 14.6 Å². The number of ether oxygens (including phenoxy) is 2. The number of benzene rings is 1. The highest BCUT2D eigenvalue weighted by Crippen LogP contribution is 2.32. The minimum atomic E-state index is -0.731. The molecule has 1 saturated carbocycles. The van der Waals surface area contributed by atoms with Crippen LogP contribution >= 0.6 is 0 Å². The Bertz CT molecular complexity index is 382. The zero-order valence-corrected chi connectivity index (χ0v) is 9.05. The van der Waals surface area contributed by atoms with Crippen molar-refractivity contribution in [1.82, 2.24) is 0 Å². The summed E-state index contributed by atoms with van der Waals surface area (Å²) < 4.78 is 10.7. The number of carbonyl (C=O) groups is 1. The van der Waals surface area contributed by atoms with Crippen LogP contribution < -0.4 is 9.47 Å². The third kappa shape index (κ3) is 2.27. The second kappa shape index (κ2) is 4.43. The quantitative estimate of drug-likeness (QED) is 0.845. The number of hydrogen-bond acceptors (Lipinski definition) is 3. The van der Waals surface area contributed by atoms with Crippen LogP contribution in [0.1, 0.15) is 12.8 Å². The molecule has 0 spiro atoms. The molecule has 0 aliphatic heterocycles. The molecule has 1 aromatic carbocycles. The lowest BCUT2D eigenvalue weighted by Crippen LogP contribution is -2.38. The van der Waals surface area contributed by atoms with Gasteiger partial charge in [0.15, 0.2) is 0 Å². The van der Waals surface area contributed by atoms with Crippen molar-refractivity contribution in [3.63, 3.8) is 0 Å². The average molecular weight is 222 g/mol. The Balaban J connectivity index is 1.89. The molecule has 1 aliphatic rings. The number of carboxylic acids is 1. The normalized spacial score (nSPS) is 23.3. The molecule has 0 atom stereocenters. The first-order valence-corrected chi connectivity index (χ1v) is 5.22. The van der Waals surface area contributed by atoms with E-state index < -0.39 is 5.97 Å². The van der Waals surface area contributed by atoms with Crippen LogP contribution in [0, 0.1) is 5.92 Å². The minimum absolute atomic E-state index is 0.0215. The van der Waals surface area contributed by atoms with E-state index in [0.29, 0.717) is 12.8 Å². The predicted octanol–water partition coefficient (Wildman–Crippen LogP) is 1.94. The molecule has 1 fully saturated rings. The van der Waals surface area contributed by atoms with Crippen LogP contribution in [0.4, 0.5) is 0 Å². The molecule has 86 valence electrons. The SMILES string of the molecule is COc1cccc(OC2CC(C(=O)O)C2)c1. The van der Waals surface area contributed by atoms with Gasteiger partial charge >= 0.3 is 5.97 Å². The van der Waals surface area contributed by atoms with Gasteiger partial charge in [-0.2, -0.15) is 0 Å². The molecular formula is C12H14O4. The first kappa shape index (κ1) is 10.8. The van der Waals surface area contributed by atoms with Crippen molar-refractivity contribution in [3.8, 4) is 11.5 Å². The first-order chi connectivity index (χ1) is 7.69. The van der Waals surface area contributed by atoms with Crippen LogP contribution in [0.15, 0.2) is 24.3 Å². The van der Waals surface area contributed by atoms with Gasteiger partial charge in [-0.15, -0.1) is 0 Å². The van der Waals surface area contributed by atoms with Gasteiger partial charge in [0.1, 0.15) is 17.6 Å². The molecular weight excluding hydrogens is 208 g/mol. The van der Waals surface area contributed by atoms with Crippen LogP contribution in [-0.4, -0.2) is 24.3 Å². The Hall–Kier alpha value is -1.71. The highest BCUT2D eigenvalue weighted by Gasteiger charge is 2.35. The van der Waals surface area contributed by atoms with Gasteiger partial charge in [0.2, 0.25) is 0 Å². The Labute approximate surface area is 93.8 Å². The number of methoxy groups -OCH3 is 1. The van der Waals surface area contributed by atoms with Crippen LogP contribution in [0.2, 0.25) is 0 Å². The van der Waals surface area contributed by atoms with E-state index in [9.17, 15) is 4.79 Å². The molecule has 4 nitrogen and oxygen atoms in total. The third-order valence-electron chi connectivity index (χ3n) is 2.79. The number of hydrogen-bond donors (Lipinski definition) is 1. The maximum atomic E-state index is 10.6. The summed E-state index contributed by atoms with van der Waals surface area (Å²) in [5.41, 5.74) is 0. The van der Waals surface area contributed by atoms with Crippen LogP contribution in [-0.2, 0) is 4.79 Å².